The Kier molecular flexibility index (Phi) is 3.68. The molecule has 4 unspecified atom stereocenters. The van der Waals surface area contributed by atoms with E-state index >= 15 is 0 Å². The molecule has 0 amide bonds. The van der Waals surface area contributed by atoms with Crippen molar-refractivity contribution < 1.29 is 18.9 Å². The fraction of sp³-hybridized carbons (Fsp3) is 1.00. The molecule has 1 aliphatic carbocycles. The Balaban J connectivity index is 1.75. The van der Waals surface area contributed by atoms with E-state index in [0.29, 0.717) is 30.5 Å². The van der Waals surface area contributed by atoms with Crippen molar-refractivity contribution in [2.75, 3.05) is 13.2 Å². The van der Waals surface area contributed by atoms with E-state index in [1.165, 1.54) is 12.8 Å². The summed E-state index contributed by atoms with van der Waals surface area (Å²) in [4.78, 5) is 0. The molecule has 0 radical (unpaired) electrons. The van der Waals surface area contributed by atoms with Crippen LogP contribution in [-0.2, 0) is 18.9 Å². The molecule has 21 heavy (non-hydrogen) atoms. The molecule has 0 aromatic heterocycles. The van der Waals surface area contributed by atoms with Crippen molar-refractivity contribution >= 4 is 0 Å². The minimum absolute atomic E-state index is 0.180. The van der Waals surface area contributed by atoms with E-state index in [0.717, 1.165) is 0 Å². The van der Waals surface area contributed by atoms with E-state index in [1.807, 2.05) is 27.7 Å². The van der Waals surface area contributed by atoms with Gasteiger partial charge in [-0.2, -0.15) is 0 Å². The molecule has 0 spiro atoms. The highest BCUT2D eigenvalue weighted by atomic mass is 16.7. The lowest BCUT2D eigenvalue weighted by atomic mass is 9.87. The fourth-order valence-corrected chi connectivity index (χ4v) is 4.33. The summed E-state index contributed by atoms with van der Waals surface area (Å²) in [6, 6.07) is 0. The van der Waals surface area contributed by atoms with Crippen LogP contribution in [-0.4, -0.2) is 37.0 Å². The monoisotopic (exact) mass is 298 g/mol. The van der Waals surface area contributed by atoms with Gasteiger partial charge < -0.3 is 18.9 Å². The third-order valence-electron chi connectivity index (χ3n) is 5.14. The van der Waals surface area contributed by atoms with Crippen LogP contribution in [0.25, 0.3) is 0 Å². The first-order valence-corrected chi connectivity index (χ1v) is 8.21. The molecular weight excluding hydrogens is 268 g/mol. The second-order valence-corrected chi connectivity index (χ2v) is 8.63. The van der Waals surface area contributed by atoms with Gasteiger partial charge >= 0.3 is 0 Å². The normalized spacial score (nSPS) is 44.3. The van der Waals surface area contributed by atoms with Gasteiger partial charge in [0.15, 0.2) is 11.6 Å². The minimum atomic E-state index is -0.450. The summed E-state index contributed by atoms with van der Waals surface area (Å²) in [6.07, 6.45) is 2.70. The number of hydrogen-bond acceptors (Lipinski definition) is 4. The Morgan fingerprint density at radius 3 is 1.33 bits per heavy atom. The van der Waals surface area contributed by atoms with Crippen molar-refractivity contribution in [1.29, 1.82) is 0 Å². The SMILES string of the molecule is CC1(C)CC(C2COC(C)(C)O2)C(C2COC(C)(C)O2)C1. The molecule has 2 aliphatic heterocycles. The molecular formula is C17H30O4. The summed E-state index contributed by atoms with van der Waals surface area (Å²) in [5.41, 5.74) is 0.335. The summed E-state index contributed by atoms with van der Waals surface area (Å²) in [7, 11) is 0. The smallest absolute Gasteiger partial charge is 0.163 e. The molecule has 4 heteroatoms. The number of ether oxygens (including phenoxy) is 4. The Bertz CT molecular complexity index is 366. The minimum Gasteiger partial charge on any atom is -0.348 e. The molecule has 3 rings (SSSR count). The molecule has 0 bridgehead atoms. The molecule has 2 saturated heterocycles. The molecule has 0 aromatic carbocycles. The lowest BCUT2D eigenvalue weighted by Crippen LogP contribution is -2.36. The quantitative estimate of drug-likeness (QED) is 0.783. The summed E-state index contributed by atoms with van der Waals surface area (Å²) < 4.78 is 23.9. The highest BCUT2D eigenvalue weighted by Crippen LogP contribution is 2.51. The van der Waals surface area contributed by atoms with Crippen molar-refractivity contribution in [2.24, 2.45) is 17.3 Å². The van der Waals surface area contributed by atoms with Crippen molar-refractivity contribution in [3.63, 3.8) is 0 Å². The molecule has 3 fully saturated rings. The van der Waals surface area contributed by atoms with Crippen LogP contribution in [0.2, 0.25) is 0 Å². The molecule has 0 N–H and O–H groups in total. The van der Waals surface area contributed by atoms with Crippen LogP contribution in [0.15, 0.2) is 0 Å². The topological polar surface area (TPSA) is 36.9 Å². The van der Waals surface area contributed by atoms with Crippen LogP contribution < -0.4 is 0 Å². The van der Waals surface area contributed by atoms with Gasteiger partial charge in [0.2, 0.25) is 0 Å². The molecule has 3 aliphatic rings. The zero-order valence-electron chi connectivity index (χ0n) is 14.3. The Labute approximate surface area is 128 Å². The predicted molar refractivity (Wildman–Crippen MR) is 79.8 cm³/mol. The largest absolute Gasteiger partial charge is 0.348 e. The van der Waals surface area contributed by atoms with Crippen LogP contribution in [0, 0.1) is 17.3 Å². The van der Waals surface area contributed by atoms with E-state index in [4.69, 9.17) is 18.9 Å². The second kappa shape index (κ2) is 4.92. The zero-order valence-corrected chi connectivity index (χ0v) is 14.3. The Morgan fingerprint density at radius 2 is 1.05 bits per heavy atom. The first kappa shape index (κ1) is 15.7. The summed E-state index contributed by atoms with van der Waals surface area (Å²) in [6.45, 7) is 14.1. The van der Waals surface area contributed by atoms with E-state index in [9.17, 15) is 0 Å². The summed E-state index contributed by atoms with van der Waals surface area (Å²) in [5.74, 6) is 0.0798. The predicted octanol–water partition coefficient (Wildman–Crippen LogP) is 3.34. The van der Waals surface area contributed by atoms with Crippen LogP contribution in [0.4, 0.5) is 0 Å². The Morgan fingerprint density at radius 1 is 0.667 bits per heavy atom. The summed E-state index contributed by atoms with van der Waals surface area (Å²) >= 11 is 0. The first-order chi connectivity index (χ1) is 9.57. The van der Waals surface area contributed by atoms with E-state index in [1.54, 1.807) is 0 Å². The van der Waals surface area contributed by atoms with Gasteiger partial charge in [0.05, 0.1) is 25.4 Å². The maximum atomic E-state index is 6.15. The third-order valence-corrected chi connectivity index (χ3v) is 5.14. The highest BCUT2D eigenvalue weighted by molar-refractivity contribution is 4.98. The van der Waals surface area contributed by atoms with Crippen molar-refractivity contribution in [1.82, 2.24) is 0 Å². The van der Waals surface area contributed by atoms with Crippen molar-refractivity contribution in [2.45, 2.75) is 78.2 Å². The van der Waals surface area contributed by atoms with Crippen LogP contribution in [0.1, 0.15) is 54.4 Å². The lowest BCUT2D eigenvalue weighted by molar-refractivity contribution is -0.158. The van der Waals surface area contributed by atoms with Crippen LogP contribution in [0.3, 0.4) is 0 Å². The van der Waals surface area contributed by atoms with Crippen molar-refractivity contribution in [3.05, 3.63) is 0 Å². The average molecular weight is 298 g/mol. The first-order valence-electron chi connectivity index (χ1n) is 8.21. The van der Waals surface area contributed by atoms with Crippen molar-refractivity contribution in [3.8, 4) is 0 Å². The van der Waals surface area contributed by atoms with Gasteiger partial charge in [-0.25, -0.2) is 0 Å². The maximum Gasteiger partial charge on any atom is 0.163 e. The van der Waals surface area contributed by atoms with Gasteiger partial charge in [-0.15, -0.1) is 0 Å². The average Bonchev–Trinajstić information content (AvgIpc) is 2.94. The molecule has 122 valence electrons. The highest BCUT2D eigenvalue weighted by Gasteiger charge is 2.52. The van der Waals surface area contributed by atoms with E-state index < -0.39 is 11.6 Å². The van der Waals surface area contributed by atoms with Gasteiger partial charge in [0.1, 0.15) is 0 Å². The molecule has 0 aromatic rings. The molecule has 2 heterocycles. The van der Waals surface area contributed by atoms with Gasteiger partial charge in [0, 0.05) is 0 Å². The third kappa shape index (κ3) is 3.29. The zero-order chi connectivity index (χ0) is 15.5. The molecule has 4 nitrogen and oxygen atoms in total. The maximum absolute atomic E-state index is 6.15. The van der Waals surface area contributed by atoms with Crippen LogP contribution >= 0.6 is 0 Å². The lowest BCUT2D eigenvalue weighted by Gasteiger charge is -2.29. The van der Waals surface area contributed by atoms with Gasteiger partial charge in [-0.1, -0.05) is 13.8 Å². The second-order valence-electron chi connectivity index (χ2n) is 8.63. The van der Waals surface area contributed by atoms with Crippen LogP contribution in [0.5, 0.6) is 0 Å². The molecule has 1 saturated carbocycles. The summed E-state index contributed by atoms with van der Waals surface area (Å²) in [5, 5.41) is 0. The fourth-order valence-electron chi connectivity index (χ4n) is 4.33. The van der Waals surface area contributed by atoms with E-state index in [2.05, 4.69) is 13.8 Å². The number of rotatable bonds is 2. The van der Waals surface area contributed by atoms with Gasteiger partial charge in [-0.3, -0.25) is 0 Å². The Hall–Kier alpha value is -0.160. The number of hydrogen-bond donors (Lipinski definition) is 0. The van der Waals surface area contributed by atoms with Gasteiger partial charge in [0.25, 0.3) is 0 Å². The molecule has 4 atom stereocenters. The van der Waals surface area contributed by atoms with E-state index in [-0.39, 0.29) is 12.2 Å². The standard InChI is InChI=1S/C17H30O4/c1-15(2)7-11(13-9-18-16(3,4)20-13)12(8-15)14-10-19-17(5,6)21-14/h11-14H,7-10H2,1-6H3. The van der Waals surface area contributed by atoms with Gasteiger partial charge in [-0.05, 0) is 57.8 Å².